The summed E-state index contributed by atoms with van der Waals surface area (Å²) in [6.45, 7) is 8.32. The third-order valence-corrected chi connectivity index (χ3v) is 6.19. The number of likely N-dealkylation sites (tertiary alicyclic amines) is 1. The highest BCUT2D eigenvalue weighted by atomic mass is 127. The van der Waals surface area contributed by atoms with Crippen molar-refractivity contribution in [3.63, 3.8) is 0 Å². The lowest BCUT2D eigenvalue weighted by Crippen LogP contribution is -2.52. The van der Waals surface area contributed by atoms with Gasteiger partial charge in [0.15, 0.2) is 5.96 Å². The number of aliphatic imine (C=N–C) groups is 1. The van der Waals surface area contributed by atoms with Crippen LogP contribution >= 0.6 is 24.0 Å². The molecule has 2 aliphatic heterocycles. The van der Waals surface area contributed by atoms with Crippen LogP contribution in [0.25, 0.3) is 0 Å². The Balaban J connectivity index is 0.00000306. The second-order valence-electron chi connectivity index (χ2n) is 8.32. The van der Waals surface area contributed by atoms with Crippen LogP contribution < -0.4 is 10.2 Å². The van der Waals surface area contributed by atoms with Crippen molar-refractivity contribution in [2.24, 2.45) is 4.99 Å². The maximum atomic E-state index is 12.1. The number of phenolic OH excluding ortho intramolecular Hbond substituents is 1. The lowest BCUT2D eigenvalue weighted by molar-refractivity contribution is -0.128. The fraction of sp³-hybridized carbons (Fsp3) is 0.440. The summed E-state index contributed by atoms with van der Waals surface area (Å²) in [5, 5.41) is 13.6. The first-order valence-corrected chi connectivity index (χ1v) is 11.6. The van der Waals surface area contributed by atoms with Crippen LogP contribution in [0.2, 0.25) is 0 Å². The number of nitrogens with zero attached hydrogens (tertiary/aromatic N) is 4. The SMILES string of the molecule is CCNC(=NCc1ccccc1CN1CCCC1=O)N1CCN(c2ccccc2O)CC1.I. The number of piperazine rings is 1. The number of benzene rings is 2. The topological polar surface area (TPSA) is 71.4 Å². The summed E-state index contributed by atoms with van der Waals surface area (Å²) in [5.74, 6) is 1.49. The molecule has 2 aliphatic rings. The number of rotatable bonds is 6. The molecule has 0 saturated carbocycles. The van der Waals surface area contributed by atoms with E-state index in [2.05, 4.69) is 34.2 Å². The van der Waals surface area contributed by atoms with Crippen LogP contribution in [-0.2, 0) is 17.9 Å². The zero-order chi connectivity index (χ0) is 22.3. The molecule has 0 aliphatic carbocycles. The number of nitrogens with one attached hydrogen (secondary N) is 1. The van der Waals surface area contributed by atoms with Crippen LogP contribution in [0.15, 0.2) is 53.5 Å². The van der Waals surface area contributed by atoms with Gasteiger partial charge in [-0.3, -0.25) is 4.79 Å². The highest BCUT2D eigenvalue weighted by molar-refractivity contribution is 14.0. The lowest BCUT2D eigenvalue weighted by Gasteiger charge is -2.37. The molecule has 2 heterocycles. The number of phenols is 1. The summed E-state index contributed by atoms with van der Waals surface area (Å²) in [4.78, 5) is 23.5. The molecule has 0 atom stereocenters. The largest absolute Gasteiger partial charge is 0.506 e. The second kappa shape index (κ2) is 12.1. The smallest absolute Gasteiger partial charge is 0.222 e. The molecule has 2 aromatic rings. The number of hydrogen-bond donors (Lipinski definition) is 2. The van der Waals surface area contributed by atoms with E-state index in [-0.39, 0.29) is 29.9 Å². The molecule has 0 unspecified atom stereocenters. The Kier molecular flexibility index (Phi) is 9.22. The summed E-state index contributed by atoms with van der Waals surface area (Å²) in [6.07, 6.45) is 1.62. The third kappa shape index (κ3) is 6.31. The van der Waals surface area contributed by atoms with Crippen molar-refractivity contribution in [3.8, 4) is 5.75 Å². The maximum Gasteiger partial charge on any atom is 0.222 e. The molecular formula is C25H34IN5O2. The summed E-state index contributed by atoms with van der Waals surface area (Å²) in [5.41, 5.74) is 3.22. The Bertz CT molecular complexity index is 959. The normalized spacial score (nSPS) is 16.7. The predicted octanol–water partition coefficient (Wildman–Crippen LogP) is 3.42. The number of halogens is 1. The number of carbonyl (C=O) groups excluding carboxylic acids is 1. The number of carbonyl (C=O) groups is 1. The number of aromatic hydroxyl groups is 1. The minimum absolute atomic E-state index is 0. The highest BCUT2D eigenvalue weighted by Gasteiger charge is 2.22. The molecule has 8 heteroatoms. The summed E-state index contributed by atoms with van der Waals surface area (Å²) in [7, 11) is 0. The van der Waals surface area contributed by atoms with Gasteiger partial charge in [0.25, 0.3) is 0 Å². The van der Waals surface area contributed by atoms with E-state index in [4.69, 9.17) is 4.99 Å². The van der Waals surface area contributed by atoms with E-state index in [1.165, 1.54) is 5.56 Å². The molecule has 0 aromatic heterocycles. The maximum absolute atomic E-state index is 12.1. The quantitative estimate of drug-likeness (QED) is 0.320. The van der Waals surface area contributed by atoms with E-state index in [1.807, 2.05) is 35.2 Å². The lowest BCUT2D eigenvalue weighted by atomic mass is 10.1. The molecular weight excluding hydrogens is 529 g/mol. The zero-order valence-corrected chi connectivity index (χ0v) is 21.6. The van der Waals surface area contributed by atoms with Gasteiger partial charge in [-0.05, 0) is 36.6 Å². The van der Waals surface area contributed by atoms with Crippen LogP contribution in [0, 0.1) is 0 Å². The first-order chi connectivity index (χ1) is 15.7. The molecule has 0 bridgehead atoms. The summed E-state index contributed by atoms with van der Waals surface area (Å²) < 4.78 is 0. The zero-order valence-electron chi connectivity index (χ0n) is 19.2. The predicted molar refractivity (Wildman–Crippen MR) is 143 cm³/mol. The van der Waals surface area contributed by atoms with E-state index in [0.29, 0.717) is 25.3 Å². The fourth-order valence-electron chi connectivity index (χ4n) is 4.42. The molecule has 2 fully saturated rings. The Labute approximate surface area is 213 Å². The summed E-state index contributed by atoms with van der Waals surface area (Å²) in [6, 6.07) is 15.8. The Morgan fingerprint density at radius 1 is 1.00 bits per heavy atom. The van der Waals surface area contributed by atoms with Gasteiger partial charge < -0.3 is 25.1 Å². The standard InChI is InChI=1S/C25H33N5O2.HI/c1-2-26-25(29-16-14-28(15-17-29)22-10-5-6-11-23(22)31)27-18-20-8-3-4-9-21(20)19-30-13-7-12-24(30)32;/h3-6,8-11,31H,2,7,12-19H2,1H3,(H,26,27);1H. The van der Waals surface area contributed by atoms with Crippen LogP contribution in [0.3, 0.4) is 0 Å². The van der Waals surface area contributed by atoms with Crippen molar-refractivity contribution >= 4 is 41.5 Å². The molecule has 178 valence electrons. The van der Waals surface area contributed by atoms with Gasteiger partial charge in [-0.2, -0.15) is 0 Å². The second-order valence-corrected chi connectivity index (χ2v) is 8.32. The van der Waals surface area contributed by atoms with Crippen LogP contribution in [0.4, 0.5) is 5.69 Å². The van der Waals surface area contributed by atoms with Gasteiger partial charge in [0, 0.05) is 52.2 Å². The van der Waals surface area contributed by atoms with Crippen LogP contribution in [-0.4, -0.2) is 66.0 Å². The number of hydrogen-bond acceptors (Lipinski definition) is 4. The molecule has 2 N–H and O–H groups in total. The van der Waals surface area contributed by atoms with Gasteiger partial charge in [0.2, 0.25) is 5.91 Å². The monoisotopic (exact) mass is 563 g/mol. The van der Waals surface area contributed by atoms with E-state index >= 15 is 0 Å². The first kappa shape index (κ1) is 25.1. The van der Waals surface area contributed by atoms with Gasteiger partial charge in [0.05, 0.1) is 12.2 Å². The van der Waals surface area contributed by atoms with E-state index < -0.39 is 0 Å². The van der Waals surface area contributed by atoms with Gasteiger partial charge in [0.1, 0.15) is 5.75 Å². The van der Waals surface area contributed by atoms with Crippen LogP contribution in [0.5, 0.6) is 5.75 Å². The first-order valence-electron chi connectivity index (χ1n) is 11.6. The van der Waals surface area contributed by atoms with Crippen molar-refractivity contribution in [3.05, 3.63) is 59.7 Å². The van der Waals surface area contributed by atoms with Crippen molar-refractivity contribution in [2.45, 2.75) is 32.9 Å². The highest BCUT2D eigenvalue weighted by Crippen LogP contribution is 2.27. The molecule has 7 nitrogen and oxygen atoms in total. The Morgan fingerprint density at radius 2 is 1.70 bits per heavy atom. The molecule has 1 amide bonds. The number of anilines is 1. The molecule has 33 heavy (non-hydrogen) atoms. The minimum Gasteiger partial charge on any atom is -0.506 e. The minimum atomic E-state index is 0. The van der Waals surface area contributed by atoms with Gasteiger partial charge in [-0.25, -0.2) is 4.99 Å². The number of guanidine groups is 1. The van der Waals surface area contributed by atoms with E-state index in [1.54, 1.807) is 6.07 Å². The average molecular weight is 563 g/mol. The van der Waals surface area contributed by atoms with Crippen molar-refractivity contribution in [1.82, 2.24) is 15.1 Å². The van der Waals surface area contributed by atoms with E-state index in [9.17, 15) is 9.90 Å². The molecule has 0 spiro atoms. The van der Waals surface area contributed by atoms with Crippen molar-refractivity contribution < 1.29 is 9.90 Å². The molecule has 2 aromatic carbocycles. The number of para-hydroxylation sites is 2. The van der Waals surface area contributed by atoms with Gasteiger partial charge >= 0.3 is 0 Å². The molecule has 0 radical (unpaired) electrons. The fourth-order valence-corrected chi connectivity index (χ4v) is 4.42. The van der Waals surface area contributed by atoms with E-state index in [0.717, 1.165) is 62.9 Å². The summed E-state index contributed by atoms with van der Waals surface area (Å²) >= 11 is 0. The Morgan fingerprint density at radius 3 is 2.36 bits per heavy atom. The third-order valence-electron chi connectivity index (χ3n) is 6.19. The van der Waals surface area contributed by atoms with Gasteiger partial charge in [-0.1, -0.05) is 36.4 Å². The van der Waals surface area contributed by atoms with Gasteiger partial charge in [-0.15, -0.1) is 24.0 Å². The van der Waals surface area contributed by atoms with Crippen molar-refractivity contribution in [2.75, 3.05) is 44.2 Å². The average Bonchev–Trinajstić information content (AvgIpc) is 3.22. The van der Waals surface area contributed by atoms with Crippen LogP contribution in [0.1, 0.15) is 30.9 Å². The number of amides is 1. The van der Waals surface area contributed by atoms with Crippen molar-refractivity contribution in [1.29, 1.82) is 0 Å². The molecule has 2 saturated heterocycles. The molecule has 4 rings (SSSR count). The Hall–Kier alpha value is -2.49.